The van der Waals surface area contributed by atoms with Crippen LogP contribution in [0.4, 0.5) is 5.82 Å². The average Bonchev–Trinajstić information content (AvgIpc) is 3.17. The summed E-state index contributed by atoms with van der Waals surface area (Å²) in [6, 6.07) is 22.4. The van der Waals surface area contributed by atoms with Gasteiger partial charge in [0, 0.05) is 11.6 Å². The largest absolute Gasteiger partial charge is 0.497 e. The molecule has 0 saturated heterocycles. The van der Waals surface area contributed by atoms with Crippen LogP contribution in [0.1, 0.15) is 21.5 Å². The first-order valence-electron chi connectivity index (χ1n) is 11.3. The SMILES string of the molecule is COc1ccc(CCNC(=O)c2c(N)n(/N=C\c3ccc(Cl)cc3)c3nc4ccccc4nc23)cc1. The molecule has 5 rings (SSSR count). The third-order valence-corrected chi connectivity index (χ3v) is 6.00. The molecule has 3 aromatic carbocycles. The van der Waals surface area contributed by atoms with E-state index in [0.717, 1.165) is 16.9 Å². The number of rotatable bonds is 7. The van der Waals surface area contributed by atoms with Gasteiger partial charge in [-0.3, -0.25) is 4.79 Å². The number of aromatic nitrogens is 3. The van der Waals surface area contributed by atoms with Gasteiger partial charge in [0.15, 0.2) is 5.65 Å². The van der Waals surface area contributed by atoms with Gasteiger partial charge in [-0.05, 0) is 53.9 Å². The molecule has 0 fully saturated rings. The molecule has 0 saturated carbocycles. The number of nitrogens with one attached hydrogen (secondary N) is 1. The third kappa shape index (κ3) is 4.71. The lowest BCUT2D eigenvalue weighted by Crippen LogP contribution is -2.26. The Hall–Kier alpha value is -4.43. The van der Waals surface area contributed by atoms with Gasteiger partial charge in [0.25, 0.3) is 5.91 Å². The number of carbonyl (C=O) groups excluding carboxylic acids is 1. The van der Waals surface area contributed by atoms with Crippen molar-refractivity contribution in [3.8, 4) is 5.75 Å². The van der Waals surface area contributed by atoms with Gasteiger partial charge in [0.05, 0.1) is 24.4 Å². The third-order valence-electron chi connectivity index (χ3n) is 5.75. The molecular weight excluding hydrogens is 476 g/mol. The molecule has 0 aliphatic rings. The van der Waals surface area contributed by atoms with E-state index in [1.165, 1.54) is 4.68 Å². The van der Waals surface area contributed by atoms with E-state index in [-0.39, 0.29) is 17.3 Å². The van der Waals surface area contributed by atoms with Crippen molar-refractivity contribution in [1.29, 1.82) is 0 Å². The minimum Gasteiger partial charge on any atom is -0.497 e. The Balaban J connectivity index is 1.48. The molecule has 2 heterocycles. The molecule has 0 atom stereocenters. The first-order valence-corrected chi connectivity index (χ1v) is 11.7. The second-order valence-corrected chi connectivity index (χ2v) is 8.54. The molecule has 5 aromatic rings. The first kappa shape index (κ1) is 23.3. The molecule has 0 unspecified atom stereocenters. The molecule has 180 valence electrons. The van der Waals surface area contributed by atoms with Crippen molar-refractivity contribution in [3.05, 3.63) is 94.5 Å². The van der Waals surface area contributed by atoms with Crippen molar-refractivity contribution < 1.29 is 9.53 Å². The highest BCUT2D eigenvalue weighted by molar-refractivity contribution is 6.30. The van der Waals surface area contributed by atoms with E-state index in [9.17, 15) is 4.79 Å². The molecule has 36 heavy (non-hydrogen) atoms. The summed E-state index contributed by atoms with van der Waals surface area (Å²) >= 11 is 5.98. The summed E-state index contributed by atoms with van der Waals surface area (Å²) in [4.78, 5) is 22.7. The van der Waals surface area contributed by atoms with Crippen molar-refractivity contribution in [2.75, 3.05) is 19.4 Å². The number of hydrogen-bond donors (Lipinski definition) is 2. The van der Waals surface area contributed by atoms with Gasteiger partial charge in [0.1, 0.15) is 22.6 Å². The van der Waals surface area contributed by atoms with Crippen LogP contribution in [0.3, 0.4) is 0 Å². The zero-order chi connectivity index (χ0) is 25.1. The lowest BCUT2D eigenvalue weighted by molar-refractivity contribution is 0.0956. The van der Waals surface area contributed by atoms with Crippen LogP contribution < -0.4 is 15.8 Å². The summed E-state index contributed by atoms with van der Waals surface area (Å²) in [6.07, 6.45) is 2.28. The Morgan fingerprint density at radius 3 is 2.44 bits per heavy atom. The summed E-state index contributed by atoms with van der Waals surface area (Å²) in [6.45, 7) is 0.423. The van der Waals surface area contributed by atoms with E-state index < -0.39 is 0 Å². The fraction of sp³-hybridized carbons (Fsp3) is 0.111. The number of amides is 1. The van der Waals surface area contributed by atoms with Gasteiger partial charge >= 0.3 is 0 Å². The van der Waals surface area contributed by atoms with Crippen molar-refractivity contribution >= 4 is 51.7 Å². The Kier molecular flexibility index (Phi) is 6.51. The quantitative estimate of drug-likeness (QED) is 0.317. The van der Waals surface area contributed by atoms with Gasteiger partial charge in [-0.1, -0.05) is 48.0 Å². The summed E-state index contributed by atoms with van der Waals surface area (Å²) in [5.41, 5.74) is 10.7. The van der Waals surface area contributed by atoms with Crippen LogP contribution in [0.5, 0.6) is 5.75 Å². The van der Waals surface area contributed by atoms with Crippen molar-refractivity contribution in [2.24, 2.45) is 5.10 Å². The fourth-order valence-electron chi connectivity index (χ4n) is 3.86. The first-order chi connectivity index (χ1) is 17.5. The van der Waals surface area contributed by atoms with Crippen LogP contribution in [0, 0.1) is 0 Å². The number of nitrogens with two attached hydrogens (primary N) is 1. The molecule has 0 bridgehead atoms. The maximum atomic E-state index is 13.3. The summed E-state index contributed by atoms with van der Waals surface area (Å²) in [7, 11) is 1.63. The number of hydrogen-bond acceptors (Lipinski definition) is 6. The summed E-state index contributed by atoms with van der Waals surface area (Å²) in [5, 5.41) is 8.10. The number of halogens is 1. The number of methoxy groups -OCH3 is 1. The van der Waals surface area contributed by atoms with E-state index in [0.29, 0.717) is 40.2 Å². The number of benzene rings is 3. The van der Waals surface area contributed by atoms with Crippen molar-refractivity contribution in [1.82, 2.24) is 20.0 Å². The average molecular weight is 499 g/mol. The number of fused-ring (bicyclic) bond motifs is 2. The van der Waals surface area contributed by atoms with Gasteiger partial charge in [-0.15, -0.1) is 0 Å². The molecule has 8 nitrogen and oxygen atoms in total. The predicted molar refractivity (Wildman–Crippen MR) is 143 cm³/mol. The zero-order valence-corrected chi connectivity index (χ0v) is 20.2. The monoisotopic (exact) mass is 498 g/mol. The lowest BCUT2D eigenvalue weighted by atomic mass is 10.1. The van der Waals surface area contributed by atoms with Crippen LogP contribution in [0.15, 0.2) is 77.9 Å². The summed E-state index contributed by atoms with van der Waals surface area (Å²) in [5.74, 6) is 0.608. The van der Waals surface area contributed by atoms with Crippen LogP contribution in [0.25, 0.3) is 22.2 Å². The topological polar surface area (TPSA) is 107 Å². The Morgan fingerprint density at radius 1 is 1.06 bits per heavy atom. The highest BCUT2D eigenvalue weighted by Gasteiger charge is 2.24. The maximum Gasteiger partial charge on any atom is 0.257 e. The number of anilines is 1. The van der Waals surface area contributed by atoms with E-state index in [1.807, 2.05) is 60.7 Å². The summed E-state index contributed by atoms with van der Waals surface area (Å²) < 4.78 is 6.64. The molecule has 9 heteroatoms. The van der Waals surface area contributed by atoms with Crippen LogP contribution in [0.2, 0.25) is 5.02 Å². The Labute approximate surface area is 212 Å². The molecular formula is C27H23ClN6O2. The molecule has 3 N–H and O–H groups in total. The smallest absolute Gasteiger partial charge is 0.257 e. The molecule has 0 aliphatic heterocycles. The number of ether oxygens (including phenoxy) is 1. The highest BCUT2D eigenvalue weighted by Crippen LogP contribution is 2.28. The zero-order valence-electron chi connectivity index (χ0n) is 19.5. The van der Waals surface area contributed by atoms with Gasteiger partial charge in [0.2, 0.25) is 0 Å². The fourth-order valence-corrected chi connectivity index (χ4v) is 3.99. The van der Waals surface area contributed by atoms with Crippen molar-refractivity contribution in [2.45, 2.75) is 6.42 Å². The normalized spacial score (nSPS) is 11.4. The lowest BCUT2D eigenvalue weighted by Gasteiger charge is -2.06. The van der Waals surface area contributed by atoms with Gasteiger partial charge < -0.3 is 15.8 Å². The maximum absolute atomic E-state index is 13.3. The molecule has 2 aromatic heterocycles. The number of nitrogen functional groups attached to an aromatic ring is 1. The van der Waals surface area contributed by atoms with Crippen LogP contribution >= 0.6 is 11.6 Å². The van der Waals surface area contributed by atoms with E-state index in [2.05, 4.69) is 10.4 Å². The van der Waals surface area contributed by atoms with Gasteiger partial charge in [-0.2, -0.15) is 9.78 Å². The van der Waals surface area contributed by atoms with Crippen LogP contribution in [-0.2, 0) is 6.42 Å². The molecule has 0 aliphatic carbocycles. The predicted octanol–water partition coefficient (Wildman–Crippen LogP) is 4.68. The Bertz CT molecular complexity index is 1580. The minimum absolute atomic E-state index is 0.160. The Morgan fingerprint density at radius 2 is 1.75 bits per heavy atom. The second-order valence-electron chi connectivity index (χ2n) is 8.11. The number of para-hydroxylation sites is 2. The number of carbonyl (C=O) groups is 1. The van der Waals surface area contributed by atoms with E-state index in [4.69, 9.17) is 32.0 Å². The van der Waals surface area contributed by atoms with E-state index >= 15 is 0 Å². The standard InChI is InChI=1S/C27H23ClN6O2/c1-36-20-12-8-17(9-13-20)14-15-30-27(35)23-24-26(33-22-5-3-2-4-21(22)32-24)34(25(23)29)31-16-18-6-10-19(28)11-7-18/h2-13,16H,14-15,29H2,1H3,(H,30,35)/b31-16-. The molecule has 1 amide bonds. The molecule has 0 radical (unpaired) electrons. The molecule has 0 spiro atoms. The second kappa shape index (κ2) is 10.1. The highest BCUT2D eigenvalue weighted by atomic mass is 35.5. The number of nitrogens with zero attached hydrogens (tertiary/aromatic N) is 4. The van der Waals surface area contributed by atoms with E-state index in [1.54, 1.807) is 25.5 Å². The van der Waals surface area contributed by atoms with Crippen LogP contribution in [-0.4, -0.2) is 40.4 Å². The minimum atomic E-state index is -0.337. The van der Waals surface area contributed by atoms with Gasteiger partial charge in [-0.25, -0.2) is 9.97 Å². The van der Waals surface area contributed by atoms with Crippen molar-refractivity contribution in [3.63, 3.8) is 0 Å².